The van der Waals surface area contributed by atoms with Crippen LogP contribution in [0.2, 0.25) is 5.02 Å². The molecule has 0 unspecified atom stereocenters. The van der Waals surface area contributed by atoms with Gasteiger partial charge in [-0.2, -0.15) is 4.37 Å². The van der Waals surface area contributed by atoms with Gasteiger partial charge in [0.25, 0.3) is 5.91 Å². The lowest BCUT2D eigenvalue weighted by Crippen LogP contribution is -2.10. The normalized spacial score (nSPS) is 11.1. The van der Waals surface area contributed by atoms with Crippen LogP contribution >= 0.6 is 34.5 Å². The van der Waals surface area contributed by atoms with Crippen molar-refractivity contribution in [2.45, 2.75) is 0 Å². The summed E-state index contributed by atoms with van der Waals surface area (Å²) in [6.07, 6.45) is 0. The number of hydrogen-bond acceptors (Lipinski definition) is 5. The second-order valence-corrected chi connectivity index (χ2v) is 6.85. The number of benzene rings is 2. The maximum absolute atomic E-state index is 12.5. The van der Waals surface area contributed by atoms with Gasteiger partial charge in [0.05, 0.1) is 15.7 Å². The SMILES string of the molecule is O=C(Nc1nc2ccccc2s1)c1snc2ccc(Cl)cc12. The molecule has 4 nitrogen and oxygen atoms in total. The molecule has 1 N–H and O–H groups in total. The lowest BCUT2D eigenvalue weighted by atomic mass is 10.2. The molecular formula is C15H8ClN3OS2. The Labute approximate surface area is 138 Å². The van der Waals surface area contributed by atoms with Crippen LogP contribution in [0, 0.1) is 0 Å². The number of carbonyl (C=O) groups is 1. The first-order valence-electron chi connectivity index (χ1n) is 6.42. The Hall–Kier alpha value is -2.02. The highest BCUT2D eigenvalue weighted by Gasteiger charge is 2.16. The van der Waals surface area contributed by atoms with E-state index < -0.39 is 0 Å². The van der Waals surface area contributed by atoms with Gasteiger partial charge < -0.3 is 0 Å². The summed E-state index contributed by atoms with van der Waals surface area (Å²) < 4.78 is 5.31. The Morgan fingerprint density at radius 3 is 2.86 bits per heavy atom. The third kappa shape index (κ3) is 2.35. The van der Waals surface area contributed by atoms with E-state index in [0.29, 0.717) is 15.0 Å². The van der Waals surface area contributed by atoms with Crippen molar-refractivity contribution >= 4 is 66.6 Å². The van der Waals surface area contributed by atoms with E-state index in [4.69, 9.17) is 11.6 Å². The fraction of sp³-hybridized carbons (Fsp3) is 0. The lowest BCUT2D eigenvalue weighted by Gasteiger charge is -1.99. The minimum absolute atomic E-state index is 0.214. The molecule has 4 aromatic rings. The van der Waals surface area contributed by atoms with Crippen LogP contribution < -0.4 is 5.32 Å². The molecule has 0 radical (unpaired) electrons. The van der Waals surface area contributed by atoms with Gasteiger partial charge in [-0.3, -0.25) is 10.1 Å². The van der Waals surface area contributed by atoms with E-state index in [1.165, 1.54) is 11.3 Å². The molecule has 2 aromatic heterocycles. The van der Waals surface area contributed by atoms with Crippen molar-refractivity contribution in [3.05, 3.63) is 52.4 Å². The summed E-state index contributed by atoms with van der Waals surface area (Å²) in [6.45, 7) is 0. The number of thiazole rings is 1. The summed E-state index contributed by atoms with van der Waals surface area (Å²) in [5.41, 5.74) is 1.64. The minimum Gasteiger partial charge on any atom is -0.297 e. The van der Waals surface area contributed by atoms with E-state index >= 15 is 0 Å². The first-order chi connectivity index (χ1) is 10.7. The van der Waals surface area contributed by atoms with Crippen molar-refractivity contribution in [2.24, 2.45) is 0 Å². The third-order valence-electron chi connectivity index (χ3n) is 3.16. The molecule has 0 spiro atoms. The van der Waals surface area contributed by atoms with Crippen LogP contribution in [0.3, 0.4) is 0 Å². The van der Waals surface area contributed by atoms with Gasteiger partial charge >= 0.3 is 0 Å². The molecular weight excluding hydrogens is 338 g/mol. The number of anilines is 1. The predicted octanol–water partition coefficient (Wildman–Crippen LogP) is 4.81. The van der Waals surface area contributed by atoms with Crippen molar-refractivity contribution < 1.29 is 4.79 Å². The molecule has 0 bridgehead atoms. The number of halogens is 1. The molecule has 0 saturated heterocycles. The topological polar surface area (TPSA) is 54.9 Å². The van der Waals surface area contributed by atoms with E-state index in [-0.39, 0.29) is 5.91 Å². The van der Waals surface area contributed by atoms with Gasteiger partial charge in [-0.05, 0) is 41.9 Å². The molecule has 0 aliphatic carbocycles. The van der Waals surface area contributed by atoms with Gasteiger partial charge in [-0.25, -0.2) is 4.98 Å². The van der Waals surface area contributed by atoms with Gasteiger partial charge in [0, 0.05) is 10.4 Å². The van der Waals surface area contributed by atoms with Crippen LogP contribution in [0.25, 0.3) is 21.1 Å². The summed E-state index contributed by atoms with van der Waals surface area (Å²) in [6, 6.07) is 13.1. The smallest absolute Gasteiger partial charge is 0.269 e. The molecule has 1 amide bonds. The number of para-hydroxylation sites is 1. The van der Waals surface area contributed by atoms with E-state index in [1.54, 1.807) is 12.1 Å². The third-order valence-corrected chi connectivity index (χ3v) is 5.22. The van der Waals surface area contributed by atoms with Crippen LogP contribution in [0.15, 0.2) is 42.5 Å². The molecule has 0 aliphatic heterocycles. The number of nitrogens with zero attached hydrogens (tertiary/aromatic N) is 2. The van der Waals surface area contributed by atoms with Crippen molar-refractivity contribution in [3.63, 3.8) is 0 Å². The second-order valence-electron chi connectivity index (χ2n) is 4.61. The summed E-state index contributed by atoms with van der Waals surface area (Å²) in [5.74, 6) is -0.214. The summed E-state index contributed by atoms with van der Waals surface area (Å²) >= 11 is 8.61. The van der Waals surface area contributed by atoms with Gasteiger partial charge in [0.1, 0.15) is 4.88 Å². The first-order valence-corrected chi connectivity index (χ1v) is 8.39. The van der Waals surface area contributed by atoms with Crippen molar-refractivity contribution in [1.29, 1.82) is 0 Å². The number of aromatic nitrogens is 2. The van der Waals surface area contributed by atoms with Crippen LogP contribution in [0.1, 0.15) is 9.67 Å². The summed E-state index contributed by atoms with van der Waals surface area (Å²) in [5, 5.41) is 4.76. The van der Waals surface area contributed by atoms with Gasteiger partial charge in [-0.1, -0.05) is 35.1 Å². The quantitative estimate of drug-likeness (QED) is 0.567. The van der Waals surface area contributed by atoms with Crippen LogP contribution in [-0.2, 0) is 0 Å². The zero-order valence-electron chi connectivity index (χ0n) is 11.0. The predicted molar refractivity (Wildman–Crippen MR) is 92.2 cm³/mol. The van der Waals surface area contributed by atoms with Gasteiger partial charge in [0.15, 0.2) is 5.13 Å². The molecule has 22 heavy (non-hydrogen) atoms. The highest BCUT2D eigenvalue weighted by molar-refractivity contribution is 7.22. The van der Waals surface area contributed by atoms with Crippen LogP contribution in [0.4, 0.5) is 5.13 Å². The van der Waals surface area contributed by atoms with E-state index in [9.17, 15) is 4.79 Å². The highest BCUT2D eigenvalue weighted by Crippen LogP contribution is 2.29. The van der Waals surface area contributed by atoms with Gasteiger partial charge in [0.2, 0.25) is 0 Å². The molecule has 0 atom stereocenters. The van der Waals surface area contributed by atoms with Crippen molar-refractivity contribution in [3.8, 4) is 0 Å². The molecule has 0 aliphatic rings. The number of carbonyl (C=O) groups excluding carboxylic acids is 1. The number of hydrogen-bond donors (Lipinski definition) is 1. The zero-order valence-corrected chi connectivity index (χ0v) is 13.4. The number of rotatable bonds is 2. The molecule has 0 fully saturated rings. The van der Waals surface area contributed by atoms with Gasteiger partial charge in [-0.15, -0.1) is 0 Å². The Kier molecular flexibility index (Phi) is 3.29. The molecule has 108 valence electrons. The molecule has 7 heteroatoms. The number of amides is 1. The molecule has 4 rings (SSSR count). The maximum atomic E-state index is 12.5. The second kappa shape index (κ2) is 5.31. The van der Waals surface area contributed by atoms with E-state index in [0.717, 1.165) is 32.7 Å². The monoisotopic (exact) mass is 345 g/mol. The number of nitrogens with one attached hydrogen (secondary N) is 1. The Morgan fingerprint density at radius 2 is 2.00 bits per heavy atom. The fourth-order valence-electron chi connectivity index (χ4n) is 2.16. The molecule has 2 aromatic carbocycles. The van der Waals surface area contributed by atoms with E-state index in [2.05, 4.69) is 14.7 Å². The fourth-order valence-corrected chi connectivity index (χ4v) is 3.93. The van der Waals surface area contributed by atoms with Crippen LogP contribution in [0.5, 0.6) is 0 Å². The largest absolute Gasteiger partial charge is 0.297 e. The van der Waals surface area contributed by atoms with Crippen LogP contribution in [-0.4, -0.2) is 15.3 Å². The lowest BCUT2D eigenvalue weighted by molar-refractivity contribution is 0.103. The Bertz CT molecular complexity index is 975. The summed E-state index contributed by atoms with van der Waals surface area (Å²) in [4.78, 5) is 17.4. The maximum Gasteiger partial charge on any atom is 0.269 e. The zero-order chi connectivity index (χ0) is 15.1. The van der Waals surface area contributed by atoms with Crippen molar-refractivity contribution in [2.75, 3.05) is 5.32 Å². The minimum atomic E-state index is -0.214. The Morgan fingerprint density at radius 1 is 1.14 bits per heavy atom. The average molecular weight is 346 g/mol. The molecule has 2 heterocycles. The highest BCUT2D eigenvalue weighted by atomic mass is 35.5. The standard InChI is InChI=1S/C15H8ClN3OS2/c16-8-5-6-10-9(7-8)13(22-19-10)14(20)18-15-17-11-3-1-2-4-12(11)21-15/h1-7H,(H,17,18,20). The summed E-state index contributed by atoms with van der Waals surface area (Å²) in [7, 11) is 0. The first kappa shape index (κ1) is 13.6. The molecule has 0 saturated carbocycles. The van der Waals surface area contributed by atoms with Crippen molar-refractivity contribution in [1.82, 2.24) is 9.36 Å². The number of fused-ring (bicyclic) bond motifs is 2. The Balaban J connectivity index is 1.69. The van der Waals surface area contributed by atoms with E-state index in [1.807, 2.05) is 30.3 Å². The average Bonchev–Trinajstić information content (AvgIpc) is 3.09.